The number of carboxylic acid groups (broad SMARTS) is 2. The average Bonchev–Trinajstić information content (AvgIpc) is 3.37. The van der Waals surface area contributed by atoms with Gasteiger partial charge in [0.25, 0.3) is 0 Å². The van der Waals surface area contributed by atoms with E-state index in [4.69, 9.17) is 31.4 Å². The summed E-state index contributed by atoms with van der Waals surface area (Å²) in [5, 5.41) is 23.2. The standard InChI is InChI=1S/C15H22ClN5O2S.C2H2O4/c1-12-14(9-17-4-2-6-20-7-5-18-11-20)15(16)21(19-12)13-3-8-24(22,23)10-13;3-1(4)2(5)6/h5,7,11,13,17H,2-4,6,8-10H2,1H3;(H,3,4)(H,5,6). The molecule has 11 nitrogen and oxygen atoms in total. The highest BCUT2D eigenvalue weighted by Crippen LogP contribution is 2.29. The number of carboxylic acids is 2. The van der Waals surface area contributed by atoms with Crippen LogP contribution in [0.1, 0.15) is 30.1 Å². The van der Waals surface area contributed by atoms with E-state index >= 15 is 0 Å². The van der Waals surface area contributed by atoms with Gasteiger partial charge in [0.1, 0.15) is 5.15 Å². The van der Waals surface area contributed by atoms with Crippen LogP contribution >= 0.6 is 11.6 Å². The highest BCUT2D eigenvalue weighted by Gasteiger charge is 2.31. The van der Waals surface area contributed by atoms with Crippen LogP contribution in [-0.4, -0.2) is 68.0 Å². The fourth-order valence-electron chi connectivity index (χ4n) is 2.98. The highest BCUT2D eigenvalue weighted by molar-refractivity contribution is 7.91. The van der Waals surface area contributed by atoms with Gasteiger partial charge in [-0.1, -0.05) is 11.6 Å². The number of nitrogens with zero attached hydrogens (tertiary/aromatic N) is 4. The van der Waals surface area contributed by atoms with E-state index in [0.29, 0.717) is 18.1 Å². The monoisotopic (exact) mass is 461 g/mol. The molecule has 0 amide bonds. The fraction of sp³-hybridized carbons (Fsp3) is 0.529. The number of sulfone groups is 1. The number of nitrogens with one attached hydrogen (secondary N) is 1. The third-order valence-corrected chi connectivity index (χ3v) is 6.66. The van der Waals surface area contributed by atoms with E-state index in [-0.39, 0.29) is 17.5 Å². The zero-order valence-electron chi connectivity index (χ0n) is 16.4. The summed E-state index contributed by atoms with van der Waals surface area (Å²) in [5.41, 5.74) is 1.80. The fourth-order valence-corrected chi connectivity index (χ4v) is 5.05. The normalized spacial score (nSPS) is 17.3. The molecule has 2 aromatic heterocycles. The summed E-state index contributed by atoms with van der Waals surface area (Å²) in [6.45, 7) is 4.32. The van der Waals surface area contributed by atoms with Gasteiger partial charge in [0.2, 0.25) is 0 Å². The molecule has 0 bridgehead atoms. The van der Waals surface area contributed by atoms with E-state index in [1.54, 1.807) is 17.2 Å². The van der Waals surface area contributed by atoms with E-state index in [0.717, 1.165) is 30.8 Å². The maximum Gasteiger partial charge on any atom is 0.414 e. The Morgan fingerprint density at radius 3 is 2.57 bits per heavy atom. The zero-order valence-corrected chi connectivity index (χ0v) is 17.9. The lowest BCUT2D eigenvalue weighted by Crippen LogP contribution is -2.17. The van der Waals surface area contributed by atoms with Gasteiger partial charge < -0.3 is 20.1 Å². The largest absolute Gasteiger partial charge is 0.473 e. The molecule has 0 aliphatic carbocycles. The first-order valence-corrected chi connectivity index (χ1v) is 11.4. The lowest BCUT2D eigenvalue weighted by molar-refractivity contribution is -0.159. The number of hydrogen-bond acceptors (Lipinski definition) is 7. The molecule has 3 heterocycles. The number of halogens is 1. The van der Waals surface area contributed by atoms with Crippen LogP contribution in [0.3, 0.4) is 0 Å². The number of rotatable bonds is 7. The molecule has 1 aliphatic heterocycles. The van der Waals surface area contributed by atoms with Crippen molar-refractivity contribution in [2.24, 2.45) is 0 Å². The summed E-state index contributed by atoms with van der Waals surface area (Å²) in [7, 11) is -2.95. The average molecular weight is 462 g/mol. The molecule has 13 heteroatoms. The van der Waals surface area contributed by atoms with E-state index in [1.165, 1.54) is 0 Å². The van der Waals surface area contributed by atoms with Gasteiger partial charge in [-0.05, 0) is 26.3 Å². The topological polar surface area (TPSA) is 156 Å². The van der Waals surface area contributed by atoms with E-state index < -0.39 is 21.8 Å². The number of imidazole rings is 1. The predicted molar refractivity (Wildman–Crippen MR) is 108 cm³/mol. The lowest BCUT2D eigenvalue weighted by atomic mass is 10.2. The first kappa shape index (κ1) is 23.8. The Hall–Kier alpha value is -2.44. The SMILES string of the molecule is Cc1nn(C2CCS(=O)(=O)C2)c(Cl)c1CNCCCn1ccnc1.O=C(O)C(=O)O. The van der Waals surface area contributed by atoms with Gasteiger partial charge in [-0.3, -0.25) is 0 Å². The third kappa shape index (κ3) is 6.82. The molecule has 3 rings (SSSR count). The van der Waals surface area contributed by atoms with Crippen molar-refractivity contribution in [1.29, 1.82) is 0 Å². The van der Waals surface area contributed by atoms with Crippen LogP contribution < -0.4 is 5.32 Å². The van der Waals surface area contributed by atoms with E-state index in [1.807, 2.05) is 17.7 Å². The molecule has 1 unspecified atom stereocenters. The van der Waals surface area contributed by atoms with Crippen molar-refractivity contribution >= 4 is 33.4 Å². The van der Waals surface area contributed by atoms with Gasteiger partial charge in [-0.25, -0.2) is 27.7 Å². The van der Waals surface area contributed by atoms with Crippen molar-refractivity contribution in [3.05, 3.63) is 35.1 Å². The van der Waals surface area contributed by atoms with Crippen molar-refractivity contribution in [3.8, 4) is 0 Å². The summed E-state index contributed by atoms with van der Waals surface area (Å²) in [5.74, 6) is -3.30. The highest BCUT2D eigenvalue weighted by atomic mass is 35.5. The summed E-state index contributed by atoms with van der Waals surface area (Å²) in [6, 6.07) is -0.142. The van der Waals surface area contributed by atoms with Crippen LogP contribution in [0, 0.1) is 6.92 Å². The number of aryl methyl sites for hydroxylation is 2. The van der Waals surface area contributed by atoms with Crippen LogP contribution in [0.5, 0.6) is 0 Å². The molecular formula is C17H24ClN5O6S. The lowest BCUT2D eigenvalue weighted by Gasteiger charge is -2.10. The molecule has 30 heavy (non-hydrogen) atoms. The maximum atomic E-state index is 11.7. The molecule has 1 fully saturated rings. The molecule has 0 radical (unpaired) electrons. The second kappa shape index (κ2) is 10.5. The Kier molecular flexibility index (Phi) is 8.38. The minimum atomic E-state index is -2.95. The summed E-state index contributed by atoms with van der Waals surface area (Å²) < 4.78 is 27.0. The van der Waals surface area contributed by atoms with Crippen molar-refractivity contribution < 1.29 is 28.2 Å². The zero-order chi connectivity index (χ0) is 22.3. The molecule has 0 saturated carbocycles. The van der Waals surface area contributed by atoms with Crippen molar-refractivity contribution in [2.45, 2.75) is 38.9 Å². The summed E-state index contributed by atoms with van der Waals surface area (Å²) in [6.07, 6.45) is 7.10. The van der Waals surface area contributed by atoms with Gasteiger partial charge in [0.15, 0.2) is 9.84 Å². The van der Waals surface area contributed by atoms with Gasteiger partial charge in [0.05, 0.1) is 29.6 Å². The second-order valence-corrected chi connectivity index (χ2v) is 9.38. The number of aromatic nitrogens is 4. The Morgan fingerprint density at radius 1 is 1.33 bits per heavy atom. The quantitative estimate of drug-likeness (QED) is 0.399. The molecule has 166 valence electrons. The molecule has 1 atom stereocenters. The Balaban J connectivity index is 0.000000469. The Morgan fingerprint density at radius 2 is 2.03 bits per heavy atom. The first-order valence-electron chi connectivity index (χ1n) is 9.17. The van der Waals surface area contributed by atoms with Crippen LogP contribution in [0.15, 0.2) is 18.7 Å². The van der Waals surface area contributed by atoms with Crippen LogP contribution in [0.4, 0.5) is 0 Å². The van der Waals surface area contributed by atoms with E-state index in [2.05, 4.69) is 15.4 Å². The van der Waals surface area contributed by atoms with Gasteiger partial charge >= 0.3 is 11.9 Å². The van der Waals surface area contributed by atoms with Crippen LogP contribution in [0.2, 0.25) is 5.15 Å². The Bertz CT molecular complexity index is 961. The molecular weight excluding hydrogens is 438 g/mol. The molecule has 1 aliphatic rings. The molecule has 0 aromatic carbocycles. The summed E-state index contributed by atoms with van der Waals surface area (Å²) in [4.78, 5) is 22.2. The maximum absolute atomic E-state index is 11.7. The number of aliphatic carboxylic acids is 2. The smallest absolute Gasteiger partial charge is 0.414 e. The van der Waals surface area contributed by atoms with Gasteiger partial charge in [-0.15, -0.1) is 0 Å². The molecule has 1 saturated heterocycles. The molecule has 2 aromatic rings. The third-order valence-electron chi connectivity index (χ3n) is 4.51. The Labute approximate surface area is 178 Å². The predicted octanol–water partition coefficient (Wildman–Crippen LogP) is 0.737. The minimum absolute atomic E-state index is 0.131. The van der Waals surface area contributed by atoms with Crippen molar-refractivity contribution in [2.75, 3.05) is 18.1 Å². The first-order chi connectivity index (χ1) is 14.1. The second-order valence-electron chi connectivity index (χ2n) is 6.80. The number of carbonyl (C=O) groups is 2. The van der Waals surface area contributed by atoms with Gasteiger partial charge in [-0.2, -0.15) is 5.10 Å². The van der Waals surface area contributed by atoms with Crippen molar-refractivity contribution in [3.63, 3.8) is 0 Å². The number of hydrogen-bond donors (Lipinski definition) is 3. The van der Waals surface area contributed by atoms with Crippen molar-refractivity contribution in [1.82, 2.24) is 24.6 Å². The van der Waals surface area contributed by atoms with Crippen LogP contribution in [-0.2, 0) is 32.5 Å². The van der Waals surface area contributed by atoms with E-state index in [9.17, 15) is 8.42 Å². The van der Waals surface area contributed by atoms with Gasteiger partial charge in [0, 0.05) is 31.0 Å². The minimum Gasteiger partial charge on any atom is -0.473 e. The molecule has 3 N–H and O–H groups in total. The molecule has 0 spiro atoms. The summed E-state index contributed by atoms with van der Waals surface area (Å²) >= 11 is 6.45. The van der Waals surface area contributed by atoms with Crippen LogP contribution in [0.25, 0.3) is 0 Å².